The van der Waals surface area contributed by atoms with Gasteiger partial charge >= 0.3 is 0 Å². The van der Waals surface area contributed by atoms with E-state index in [1.165, 1.54) is 6.20 Å². The van der Waals surface area contributed by atoms with Crippen molar-refractivity contribution in [1.82, 2.24) is 19.5 Å². The maximum absolute atomic E-state index is 15.1. The van der Waals surface area contributed by atoms with Gasteiger partial charge in [-0.2, -0.15) is 0 Å². The van der Waals surface area contributed by atoms with Gasteiger partial charge in [0, 0.05) is 23.9 Å². The van der Waals surface area contributed by atoms with Crippen LogP contribution in [0.2, 0.25) is 0 Å². The number of rotatable bonds is 5. The van der Waals surface area contributed by atoms with Crippen molar-refractivity contribution in [2.24, 2.45) is 10.7 Å². The molecule has 5 aromatic rings. The average Bonchev–Trinajstić information content (AvgIpc) is 3.65. The van der Waals surface area contributed by atoms with Gasteiger partial charge in [0.15, 0.2) is 0 Å². The predicted molar refractivity (Wildman–Crippen MR) is 135 cm³/mol. The molecule has 1 fully saturated rings. The minimum absolute atomic E-state index is 0.0562. The highest BCUT2D eigenvalue weighted by Crippen LogP contribution is 2.44. The molecular weight excluding hydrogens is 462 g/mol. The zero-order valence-corrected chi connectivity index (χ0v) is 18.9. The van der Waals surface area contributed by atoms with E-state index in [0.717, 1.165) is 48.3 Å². The Bertz CT molecular complexity index is 1720. The first-order valence-electron chi connectivity index (χ1n) is 11.3. The molecule has 0 bridgehead atoms. The minimum atomic E-state index is -0.610. The van der Waals surface area contributed by atoms with E-state index in [9.17, 15) is 4.39 Å². The molecule has 0 radical (unpaired) electrons. The summed E-state index contributed by atoms with van der Waals surface area (Å²) in [5.41, 5.74) is 15.8. The van der Waals surface area contributed by atoms with Gasteiger partial charge in [0.05, 0.1) is 16.6 Å². The average molecular weight is 482 g/mol. The predicted octanol–water partition coefficient (Wildman–Crippen LogP) is 4.69. The van der Waals surface area contributed by atoms with Crippen molar-refractivity contribution in [2.75, 3.05) is 5.73 Å². The summed E-state index contributed by atoms with van der Waals surface area (Å²) in [6.45, 7) is 0. The third-order valence-corrected chi connectivity index (χ3v) is 6.33. The number of amidine groups is 1. The van der Waals surface area contributed by atoms with Gasteiger partial charge in [0.1, 0.15) is 46.5 Å². The van der Waals surface area contributed by atoms with Gasteiger partial charge in [-0.3, -0.25) is 15.0 Å². The van der Waals surface area contributed by atoms with Crippen LogP contribution in [0.1, 0.15) is 30.1 Å². The Balaban J connectivity index is 1.75. The molecule has 1 aliphatic rings. The number of hydrogen-bond acceptors (Lipinski definition) is 5. The molecule has 178 valence electrons. The van der Waals surface area contributed by atoms with E-state index < -0.39 is 11.6 Å². The van der Waals surface area contributed by atoms with E-state index in [1.807, 2.05) is 22.8 Å². The highest BCUT2D eigenvalue weighted by molar-refractivity contribution is 6.11. The lowest BCUT2D eigenvalue weighted by atomic mass is 10.0. The Morgan fingerprint density at radius 3 is 2.53 bits per heavy atom. The van der Waals surface area contributed by atoms with E-state index in [0.29, 0.717) is 28.1 Å². The molecular formula is C26H20F2N8. The molecule has 0 saturated heterocycles. The van der Waals surface area contributed by atoms with Crippen molar-refractivity contribution in [3.63, 3.8) is 0 Å². The number of benzene rings is 2. The van der Waals surface area contributed by atoms with Crippen LogP contribution in [0.15, 0.2) is 59.9 Å². The van der Waals surface area contributed by atoms with Crippen molar-refractivity contribution in [3.05, 3.63) is 77.9 Å². The van der Waals surface area contributed by atoms with Crippen molar-refractivity contribution >= 4 is 39.9 Å². The highest BCUT2D eigenvalue weighted by atomic mass is 19.1. The molecule has 0 unspecified atom stereocenters. The minimum Gasteiger partial charge on any atom is -0.384 e. The second-order valence-corrected chi connectivity index (χ2v) is 8.67. The van der Waals surface area contributed by atoms with Gasteiger partial charge < -0.3 is 11.5 Å². The van der Waals surface area contributed by atoms with Gasteiger partial charge in [0.2, 0.25) is 0 Å². The van der Waals surface area contributed by atoms with Crippen molar-refractivity contribution in [3.8, 4) is 16.8 Å². The molecule has 0 spiro atoms. The molecule has 8 nitrogen and oxygen atoms in total. The summed E-state index contributed by atoms with van der Waals surface area (Å²) in [6, 6.07) is 11.1. The fraction of sp³-hybridized carbons (Fsp3) is 0.115. The number of aromatic nitrogens is 4. The van der Waals surface area contributed by atoms with Crippen LogP contribution in [0.5, 0.6) is 0 Å². The van der Waals surface area contributed by atoms with Gasteiger partial charge in [-0.25, -0.2) is 23.7 Å². The number of nitrogens with zero attached hydrogens (tertiary/aromatic N) is 5. The van der Waals surface area contributed by atoms with Crippen LogP contribution in [0.25, 0.3) is 38.8 Å². The topological polar surface area (TPSA) is 132 Å². The number of fused-ring (bicyclic) bond motifs is 2. The molecule has 1 aliphatic carbocycles. The second kappa shape index (κ2) is 8.19. The first-order valence-corrected chi connectivity index (χ1v) is 11.3. The Kier molecular flexibility index (Phi) is 4.96. The summed E-state index contributed by atoms with van der Waals surface area (Å²) in [4.78, 5) is 17.1. The van der Waals surface area contributed by atoms with E-state index in [2.05, 4.69) is 15.0 Å². The van der Waals surface area contributed by atoms with E-state index >= 15 is 4.39 Å². The maximum Gasteiger partial charge on any atom is 0.149 e. The molecule has 36 heavy (non-hydrogen) atoms. The third-order valence-electron chi connectivity index (χ3n) is 6.33. The normalized spacial score (nSPS) is 14.0. The molecule has 0 aliphatic heterocycles. The lowest BCUT2D eigenvalue weighted by Crippen LogP contribution is -2.14. The first-order chi connectivity index (χ1) is 17.5. The summed E-state index contributed by atoms with van der Waals surface area (Å²) >= 11 is 0. The van der Waals surface area contributed by atoms with Crippen molar-refractivity contribution in [1.29, 1.82) is 5.41 Å². The highest BCUT2D eigenvalue weighted by Gasteiger charge is 2.32. The number of hydrogen-bond donors (Lipinski definition) is 3. The number of aliphatic imine (C=N–C) groups is 1. The second-order valence-electron chi connectivity index (χ2n) is 8.67. The molecule has 0 amide bonds. The summed E-state index contributed by atoms with van der Waals surface area (Å²) < 4.78 is 31.6. The molecule has 1 saturated carbocycles. The molecule has 2 aromatic carbocycles. The Hall–Kier alpha value is -4.73. The van der Waals surface area contributed by atoms with Crippen LogP contribution in [-0.4, -0.2) is 31.7 Å². The van der Waals surface area contributed by atoms with Gasteiger partial charge in [-0.05, 0) is 66.4 Å². The maximum atomic E-state index is 15.1. The van der Waals surface area contributed by atoms with Crippen LogP contribution in [-0.2, 0) is 0 Å². The van der Waals surface area contributed by atoms with Gasteiger partial charge in [-0.15, -0.1) is 0 Å². The number of nitrogens with one attached hydrogen (secondary N) is 1. The first kappa shape index (κ1) is 21.8. The molecule has 3 aromatic heterocycles. The Morgan fingerprint density at radius 1 is 1.00 bits per heavy atom. The lowest BCUT2D eigenvalue weighted by molar-refractivity contribution is 0.614. The lowest BCUT2D eigenvalue weighted by Gasteiger charge is -2.14. The van der Waals surface area contributed by atoms with Crippen LogP contribution < -0.4 is 11.5 Å². The summed E-state index contributed by atoms with van der Waals surface area (Å²) in [5, 5.41) is 7.47. The SMILES string of the molecule is N=CN=C(N)c1cc(-c2ccnc(N)c2)cc2c1nc(C1CC1)n2-c1ccnc2c(F)ccc(F)c12. The van der Waals surface area contributed by atoms with Crippen molar-refractivity contribution < 1.29 is 8.78 Å². The molecule has 5 N–H and O–H groups in total. The standard InChI is InChI=1S/C26H20F2N8/c27-17-3-4-18(28)24-22(17)19(6-8-33-24)36-20-10-15(14-5-7-32-21(30)11-14)9-16(25(31)34-12-29)23(20)35-26(36)13-1-2-13/h3-13H,1-2H2,(H2,30,32)(H3,29,31,34). The Labute approximate surface area is 203 Å². The van der Waals surface area contributed by atoms with Gasteiger partial charge in [0.25, 0.3) is 0 Å². The summed E-state index contributed by atoms with van der Waals surface area (Å²) in [6.07, 6.45) is 5.78. The molecule has 0 atom stereocenters. The zero-order valence-electron chi connectivity index (χ0n) is 18.9. The van der Waals surface area contributed by atoms with Gasteiger partial charge in [-0.1, -0.05) is 0 Å². The van der Waals surface area contributed by atoms with E-state index in [1.54, 1.807) is 18.3 Å². The number of anilines is 1. The van der Waals surface area contributed by atoms with Crippen LogP contribution >= 0.6 is 0 Å². The summed E-state index contributed by atoms with van der Waals surface area (Å²) in [7, 11) is 0. The summed E-state index contributed by atoms with van der Waals surface area (Å²) in [5.74, 6) is 0.146. The largest absolute Gasteiger partial charge is 0.384 e. The third kappa shape index (κ3) is 3.46. The number of nitrogens with two attached hydrogens (primary N) is 2. The monoisotopic (exact) mass is 482 g/mol. The van der Waals surface area contributed by atoms with Crippen LogP contribution in [0, 0.1) is 17.0 Å². The Morgan fingerprint density at radius 2 is 1.78 bits per heavy atom. The number of pyridine rings is 2. The van der Waals surface area contributed by atoms with Crippen molar-refractivity contribution in [2.45, 2.75) is 18.8 Å². The van der Waals surface area contributed by atoms with E-state index in [4.69, 9.17) is 21.9 Å². The molecule has 10 heteroatoms. The zero-order chi connectivity index (χ0) is 25.0. The van der Waals surface area contributed by atoms with Crippen LogP contribution in [0.4, 0.5) is 14.6 Å². The fourth-order valence-electron chi connectivity index (χ4n) is 4.56. The number of nitrogen functional groups attached to an aromatic ring is 1. The van der Waals surface area contributed by atoms with E-state index in [-0.39, 0.29) is 22.7 Å². The van der Waals surface area contributed by atoms with Crippen LogP contribution in [0.3, 0.4) is 0 Å². The quantitative estimate of drug-likeness (QED) is 0.247. The number of halogens is 2. The molecule has 3 heterocycles. The fourth-order valence-corrected chi connectivity index (χ4v) is 4.56. The molecule has 6 rings (SSSR count). The smallest absolute Gasteiger partial charge is 0.149 e. The number of imidazole rings is 1.